The lowest BCUT2D eigenvalue weighted by atomic mass is 10.1. The van der Waals surface area contributed by atoms with Crippen molar-refractivity contribution < 1.29 is 18.7 Å². The number of aryl methyl sites for hydroxylation is 1. The smallest absolute Gasteiger partial charge is 0.231 e. The van der Waals surface area contributed by atoms with Gasteiger partial charge in [0.15, 0.2) is 23.1 Å². The van der Waals surface area contributed by atoms with Crippen LogP contribution in [0.5, 0.6) is 17.2 Å². The highest BCUT2D eigenvalue weighted by Crippen LogP contribution is 2.44. The van der Waals surface area contributed by atoms with Gasteiger partial charge in [0.05, 0.1) is 7.11 Å². The molecule has 9 heteroatoms. The van der Waals surface area contributed by atoms with E-state index in [4.69, 9.17) is 18.7 Å². The third-order valence-corrected chi connectivity index (χ3v) is 4.51. The molecule has 3 heterocycles. The van der Waals surface area contributed by atoms with Crippen molar-refractivity contribution in [2.45, 2.75) is 0 Å². The Labute approximate surface area is 159 Å². The first-order valence-electron chi connectivity index (χ1n) is 8.51. The van der Waals surface area contributed by atoms with Gasteiger partial charge in [-0.25, -0.2) is 4.68 Å². The molecule has 5 rings (SSSR count). The van der Waals surface area contributed by atoms with Crippen molar-refractivity contribution >= 4 is 0 Å². The molecule has 0 atom stereocenters. The SMILES string of the molecule is COc1cc(-c2cc(-c3ccc(-c4nnnn4C)cc3)no2)cc2c1OCO2. The Morgan fingerprint density at radius 3 is 2.57 bits per heavy atom. The number of ether oxygens (including phenoxy) is 3. The van der Waals surface area contributed by atoms with Crippen LogP contribution < -0.4 is 14.2 Å². The lowest BCUT2D eigenvalue weighted by molar-refractivity contribution is 0.171. The molecular formula is C19H15N5O4. The fourth-order valence-corrected chi connectivity index (χ4v) is 3.08. The van der Waals surface area contributed by atoms with E-state index in [0.717, 1.165) is 16.7 Å². The molecule has 1 aliphatic rings. The minimum absolute atomic E-state index is 0.171. The second-order valence-corrected chi connectivity index (χ2v) is 6.19. The highest BCUT2D eigenvalue weighted by molar-refractivity contribution is 5.72. The molecule has 0 amide bonds. The summed E-state index contributed by atoms with van der Waals surface area (Å²) >= 11 is 0. The van der Waals surface area contributed by atoms with Gasteiger partial charge in [-0.3, -0.25) is 0 Å². The van der Waals surface area contributed by atoms with Gasteiger partial charge < -0.3 is 18.7 Å². The molecular weight excluding hydrogens is 362 g/mol. The molecule has 1 aliphatic heterocycles. The molecule has 0 unspecified atom stereocenters. The van der Waals surface area contributed by atoms with E-state index in [9.17, 15) is 0 Å². The Morgan fingerprint density at radius 1 is 1.00 bits per heavy atom. The number of rotatable bonds is 4. The van der Waals surface area contributed by atoms with Gasteiger partial charge in [0, 0.05) is 29.8 Å². The average molecular weight is 377 g/mol. The molecule has 4 aromatic rings. The number of tetrazole rings is 1. The molecule has 0 bridgehead atoms. The molecule has 0 spiro atoms. The summed E-state index contributed by atoms with van der Waals surface area (Å²) in [4.78, 5) is 0. The predicted molar refractivity (Wildman–Crippen MR) is 97.8 cm³/mol. The zero-order chi connectivity index (χ0) is 19.1. The van der Waals surface area contributed by atoms with E-state index < -0.39 is 0 Å². The van der Waals surface area contributed by atoms with Crippen LogP contribution >= 0.6 is 0 Å². The van der Waals surface area contributed by atoms with Crippen molar-refractivity contribution in [3.8, 4) is 51.2 Å². The average Bonchev–Trinajstić information content (AvgIpc) is 3.47. The van der Waals surface area contributed by atoms with E-state index in [1.165, 1.54) is 0 Å². The highest BCUT2D eigenvalue weighted by atomic mass is 16.7. The van der Waals surface area contributed by atoms with Gasteiger partial charge in [0.2, 0.25) is 12.5 Å². The molecule has 140 valence electrons. The predicted octanol–water partition coefficient (Wildman–Crippen LogP) is 2.94. The normalized spacial score (nSPS) is 12.4. The fraction of sp³-hybridized carbons (Fsp3) is 0.158. The molecule has 0 saturated heterocycles. The van der Waals surface area contributed by atoms with E-state index in [1.54, 1.807) is 18.8 Å². The van der Waals surface area contributed by atoms with Crippen LogP contribution in [-0.4, -0.2) is 39.3 Å². The van der Waals surface area contributed by atoms with Crippen molar-refractivity contribution in [1.82, 2.24) is 25.4 Å². The molecule has 0 radical (unpaired) electrons. The fourth-order valence-electron chi connectivity index (χ4n) is 3.08. The lowest BCUT2D eigenvalue weighted by Crippen LogP contribution is -1.94. The van der Waals surface area contributed by atoms with Gasteiger partial charge in [-0.2, -0.15) is 0 Å². The van der Waals surface area contributed by atoms with Gasteiger partial charge in [0.1, 0.15) is 5.69 Å². The first kappa shape index (κ1) is 16.3. The summed E-state index contributed by atoms with van der Waals surface area (Å²) in [6.07, 6.45) is 0. The van der Waals surface area contributed by atoms with Crippen LogP contribution in [0.1, 0.15) is 0 Å². The van der Waals surface area contributed by atoms with Gasteiger partial charge in [-0.05, 0) is 22.6 Å². The van der Waals surface area contributed by atoms with Crippen LogP contribution in [-0.2, 0) is 7.05 Å². The van der Waals surface area contributed by atoms with Gasteiger partial charge in [-0.15, -0.1) is 5.10 Å². The molecule has 9 nitrogen and oxygen atoms in total. The summed E-state index contributed by atoms with van der Waals surface area (Å²) in [6.45, 7) is 0.171. The molecule has 0 saturated carbocycles. The Hall–Kier alpha value is -3.88. The van der Waals surface area contributed by atoms with Crippen molar-refractivity contribution in [2.24, 2.45) is 7.05 Å². The Bertz CT molecular complexity index is 1150. The summed E-state index contributed by atoms with van der Waals surface area (Å²) in [5.74, 6) is 3.10. The Morgan fingerprint density at radius 2 is 1.82 bits per heavy atom. The first-order chi connectivity index (χ1) is 13.7. The van der Waals surface area contributed by atoms with Crippen LogP contribution in [0, 0.1) is 0 Å². The molecule has 0 N–H and O–H groups in total. The van der Waals surface area contributed by atoms with Crippen LogP contribution in [0.2, 0.25) is 0 Å². The standard InChI is InChI=1S/C19H15N5O4/c1-24-19(20-22-23-24)12-5-3-11(4-6-12)14-9-15(28-21-14)13-7-16(25-2)18-17(8-13)26-10-27-18/h3-9H,10H2,1-2H3. The zero-order valence-corrected chi connectivity index (χ0v) is 15.1. The zero-order valence-electron chi connectivity index (χ0n) is 15.1. The second-order valence-electron chi connectivity index (χ2n) is 6.19. The van der Waals surface area contributed by atoms with Gasteiger partial charge in [-0.1, -0.05) is 29.4 Å². The number of nitrogens with zero attached hydrogens (tertiary/aromatic N) is 5. The minimum atomic E-state index is 0.171. The maximum absolute atomic E-state index is 5.55. The maximum atomic E-state index is 5.55. The van der Waals surface area contributed by atoms with Crippen LogP contribution in [0.4, 0.5) is 0 Å². The molecule has 0 fully saturated rings. The largest absolute Gasteiger partial charge is 0.493 e. The lowest BCUT2D eigenvalue weighted by Gasteiger charge is -2.06. The van der Waals surface area contributed by atoms with E-state index >= 15 is 0 Å². The second kappa shape index (κ2) is 6.38. The molecule has 28 heavy (non-hydrogen) atoms. The molecule has 2 aromatic heterocycles. The van der Waals surface area contributed by atoms with E-state index in [2.05, 4.69) is 20.7 Å². The van der Waals surface area contributed by atoms with Crippen molar-refractivity contribution in [3.63, 3.8) is 0 Å². The van der Waals surface area contributed by atoms with E-state index in [1.807, 2.05) is 42.5 Å². The number of hydrogen-bond acceptors (Lipinski definition) is 8. The first-order valence-corrected chi connectivity index (χ1v) is 8.51. The van der Waals surface area contributed by atoms with E-state index in [-0.39, 0.29) is 6.79 Å². The maximum Gasteiger partial charge on any atom is 0.231 e. The summed E-state index contributed by atoms with van der Waals surface area (Å²) < 4.78 is 23.4. The third-order valence-electron chi connectivity index (χ3n) is 4.51. The number of aromatic nitrogens is 5. The molecule has 0 aliphatic carbocycles. The number of methoxy groups -OCH3 is 1. The number of benzene rings is 2. The highest BCUT2D eigenvalue weighted by Gasteiger charge is 2.22. The minimum Gasteiger partial charge on any atom is -0.493 e. The van der Waals surface area contributed by atoms with Gasteiger partial charge >= 0.3 is 0 Å². The van der Waals surface area contributed by atoms with Crippen LogP contribution in [0.3, 0.4) is 0 Å². The quantitative estimate of drug-likeness (QED) is 0.535. The van der Waals surface area contributed by atoms with Crippen LogP contribution in [0.25, 0.3) is 34.0 Å². The van der Waals surface area contributed by atoms with Crippen molar-refractivity contribution in [3.05, 3.63) is 42.5 Å². The Kier molecular flexibility index (Phi) is 3.71. The summed E-state index contributed by atoms with van der Waals surface area (Å²) in [5, 5.41) is 15.7. The van der Waals surface area contributed by atoms with Gasteiger partial charge in [0.25, 0.3) is 0 Å². The topological polar surface area (TPSA) is 97.3 Å². The monoisotopic (exact) mass is 377 g/mol. The van der Waals surface area contributed by atoms with Crippen molar-refractivity contribution in [1.29, 1.82) is 0 Å². The van der Waals surface area contributed by atoms with Crippen LogP contribution in [0.15, 0.2) is 47.0 Å². The molecule has 2 aromatic carbocycles. The summed E-state index contributed by atoms with van der Waals surface area (Å²) in [5.41, 5.74) is 3.35. The van der Waals surface area contributed by atoms with Crippen molar-refractivity contribution in [2.75, 3.05) is 13.9 Å². The van der Waals surface area contributed by atoms with E-state index in [0.29, 0.717) is 34.5 Å². The number of hydrogen-bond donors (Lipinski definition) is 0. The summed E-state index contributed by atoms with van der Waals surface area (Å²) in [7, 11) is 3.38. The Balaban J connectivity index is 1.46. The number of fused-ring (bicyclic) bond motifs is 1. The third kappa shape index (κ3) is 2.64. The summed E-state index contributed by atoms with van der Waals surface area (Å²) in [6, 6.07) is 13.3.